The van der Waals surface area contributed by atoms with Gasteiger partial charge < -0.3 is 5.32 Å². The summed E-state index contributed by atoms with van der Waals surface area (Å²) < 4.78 is 0. The minimum Gasteiger partial charge on any atom is -0.311 e. The van der Waals surface area contributed by atoms with Crippen LogP contribution in [0.15, 0.2) is 23.0 Å². The van der Waals surface area contributed by atoms with Crippen LogP contribution >= 0.6 is 22.7 Å². The lowest BCUT2D eigenvalue weighted by Crippen LogP contribution is -2.18. The lowest BCUT2D eigenvalue weighted by Gasteiger charge is -2.08. The van der Waals surface area contributed by atoms with Gasteiger partial charge in [0, 0.05) is 40.8 Å². The summed E-state index contributed by atoms with van der Waals surface area (Å²) in [5, 5.41) is 17.2. The number of aromatic nitrogens is 1. The van der Waals surface area contributed by atoms with E-state index in [0.717, 1.165) is 18.7 Å². The van der Waals surface area contributed by atoms with E-state index in [0.29, 0.717) is 5.92 Å². The highest BCUT2D eigenvalue weighted by atomic mass is 32.1. The Morgan fingerprint density at radius 1 is 1.53 bits per heavy atom. The molecule has 2 rings (SSSR count). The summed E-state index contributed by atoms with van der Waals surface area (Å²) in [6, 6.07) is 4.08. The lowest BCUT2D eigenvalue weighted by molar-refractivity contribution is 0.616. The predicted molar refractivity (Wildman–Crippen MR) is 71.3 cm³/mol. The van der Waals surface area contributed by atoms with E-state index in [1.54, 1.807) is 22.7 Å². The van der Waals surface area contributed by atoms with Crippen molar-refractivity contribution < 1.29 is 0 Å². The molecule has 0 spiro atoms. The second-order valence-electron chi connectivity index (χ2n) is 3.82. The maximum absolute atomic E-state index is 8.72. The van der Waals surface area contributed by atoms with Crippen molar-refractivity contribution in [3.05, 3.63) is 38.5 Å². The first-order chi connectivity index (χ1) is 8.29. The summed E-state index contributed by atoms with van der Waals surface area (Å²) in [6.45, 7) is 3.90. The molecule has 2 aromatic heterocycles. The van der Waals surface area contributed by atoms with E-state index in [1.165, 1.54) is 9.88 Å². The van der Waals surface area contributed by atoms with Gasteiger partial charge in [-0.2, -0.15) is 5.26 Å². The Hall–Kier alpha value is -1.22. The molecule has 0 saturated heterocycles. The van der Waals surface area contributed by atoms with Gasteiger partial charge in [0.2, 0.25) is 0 Å². The first kappa shape index (κ1) is 12.2. The monoisotopic (exact) mass is 263 g/mol. The molecule has 0 bridgehead atoms. The SMILES string of the molecule is CC(CNCc1cc(C#N)cs1)c1nccs1. The van der Waals surface area contributed by atoms with Crippen LogP contribution in [0.1, 0.15) is 28.3 Å². The smallest absolute Gasteiger partial charge is 0.100 e. The molecular weight excluding hydrogens is 250 g/mol. The van der Waals surface area contributed by atoms with Crippen LogP contribution in [0.2, 0.25) is 0 Å². The van der Waals surface area contributed by atoms with Gasteiger partial charge in [0.05, 0.1) is 10.6 Å². The Labute approximate surface area is 109 Å². The van der Waals surface area contributed by atoms with Crippen molar-refractivity contribution in [2.75, 3.05) is 6.54 Å². The van der Waals surface area contributed by atoms with Crippen molar-refractivity contribution in [2.24, 2.45) is 0 Å². The average Bonchev–Trinajstić information content (AvgIpc) is 3.00. The fourth-order valence-electron chi connectivity index (χ4n) is 1.51. The molecule has 0 aliphatic heterocycles. The summed E-state index contributed by atoms with van der Waals surface area (Å²) in [5.74, 6) is 0.436. The standard InChI is InChI=1S/C12H13N3S2/c1-9(12-15-2-3-16-12)6-14-7-11-4-10(5-13)8-17-11/h2-4,8-9,14H,6-7H2,1H3. The maximum Gasteiger partial charge on any atom is 0.100 e. The third kappa shape index (κ3) is 3.37. The minimum atomic E-state index is 0.436. The van der Waals surface area contributed by atoms with E-state index in [-0.39, 0.29) is 0 Å². The summed E-state index contributed by atoms with van der Waals surface area (Å²) >= 11 is 3.32. The fourth-order valence-corrected chi connectivity index (χ4v) is 2.99. The van der Waals surface area contributed by atoms with Crippen molar-refractivity contribution in [3.63, 3.8) is 0 Å². The highest BCUT2D eigenvalue weighted by Gasteiger charge is 2.07. The van der Waals surface area contributed by atoms with Crippen molar-refractivity contribution in [2.45, 2.75) is 19.4 Å². The lowest BCUT2D eigenvalue weighted by atomic mass is 10.2. The van der Waals surface area contributed by atoms with Crippen LogP contribution in [-0.4, -0.2) is 11.5 Å². The molecule has 0 amide bonds. The number of hydrogen-bond acceptors (Lipinski definition) is 5. The molecule has 0 aromatic carbocycles. The number of nitriles is 1. The molecule has 1 N–H and O–H groups in total. The maximum atomic E-state index is 8.72. The molecule has 2 heterocycles. The molecule has 0 saturated carbocycles. The van der Waals surface area contributed by atoms with Crippen LogP contribution in [0.25, 0.3) is 0 Å². The molecule has 17 heavy (non-hydrogen) atoms. The fraction of sp³-hybridized carbons (Fsp3) is 0.333. The van der Waals surface area contributed by atoms with E-state index in [1.807, 2.05) is 23.0 Å². The molecule has 1 unspecified atom stereocenters. The Kier molecular flexibility index (Phi) is 4.26. The van der Waals surface area contributed by atoms with Gasteiger partial charge in [-0.3, -0.25) is 0 Å². The zero-order valence-corrected chi connectivity index (χ0v) is 11.1. The van der Waals surface area contributed by atoms with E-state index in [4.69, 9.17) is 5.26 Å². The van der Waals surface area contributed by atoms with Crippen LogP contribution in [0.3, 0.4) is 0 Å². The van der Waals surface area contributed by atoms with E-state index < -0.39 is 0 Å². The van der Waals surface area contributed by atoms with E-state index >= 15 is 0 Å². The molecule has 88 valence electrons. The normalized spacial score (nSPS) is 12.2. The Morgan fingerprint density at radius 2 is 2.41 bits per heavy atom. The van der Waals surface area contributed by atoms with Crippen molar-refractivity contribution in [1.29, 1.82) is 5.26 Å². The molecule has 0 aliphatic carbocycles. The first-order valence-electron chi connectivity index (χ1n) is 5.37. The topological polar surface area (TPSA) is 48.7 Å². The average molecular weight is 263 g/mol. The van der Waals surface area contributed by atoms with Gasteiger partial charge in [-0.05, 0) is 6.07 Å². The van der Waals surface area contributed by atoms with Crippen molar-refractivity contribution in [1.82, 2.24) is 10.3 Å². The second-order valence-corrected chi connectivity index (χ2v) is 5.74. The van der Waals surface area contributed by atoms with Gasteiger partial charge in [0.15, 0.2) is 0 Å². The van der Waals surface area contributed by atoms with Crippen LogP contribution in [0, 0.1) is 11.3 Å². The zero-order chi connectivity index (χ0) is 12.1. The first-order valence-corrected chi connectivity index (χ1v) is 7.13. The minimum absolute atomic E-state index is 0.436. The summed E-state index contributed by atoms with van der Waals surface area (Å²) in [7, 11) is 0. The molecule has 2 aromatic rings. The predicted octanol–water partition coefficient (Wildman–Crippen LogP) is 2.97. The largest absolute Gasteiger partial charge is 0.311 e. The molecular formula is C12H13N3S2. The van der Waals surface area contributed by atoms with Gasteiger partial charge >= 0.3 is 0 Å². The number of thiophene rings is 1. The molecule has 0 radical (unpaired) electrons. The molecule has 0 fully saturated rings. The van der Waals surface area contributed by atoms with Gasteiger partial charge in [-0.15, -0.1) is 22.7 Å². The van der Waals surface area contributed by atoms with Crippen LogP contribution in [-0.2, 0) is 6.54 Å². The number of hydrogen-bond donors (Lipinski definition) is 1. The zero-order valence-electron chi connectivity index (χ0n) is 9.51. The van der Waals surface area contributed by atoms with Gasteiger partial charge in [-0.25, -0.2) is 4.98 Å². The Bertz CT molecular complexity index is 496. The summed E-state index contributed by atoms with van der Waals surface area (Å²) in [4.78, 5) is 5.50. The van der Waals surface area contributed by atoms with E-state index in [9.17, 15) is 0 Å². The van der Waals surface area contributed by atoms with Crippen LogP contribution in [0.4, 0.5) is 0 Å². The number of rotatable bonds is 5. The number of nitrogens with one attached hydrogen (secondary N) is 1. The highest BCUT2D eigenvalue weighted by molar-refractivity contribution is 7.10. The van der Waals surface area contributed by atoms with Gasteiger partial charge in [0.1, 0.15) is 6.07 Å². The van der Waals surface area contributed by atoms with E-state index in [2.05, 4.69) is 23.3 Å². The van der Waals surface area contributed by atoms with Crippen LogP contribution in [0.5, 0.6) is 0 Å². The van der Waals surface area contributed by atoms with Crippen molar-refractivity contribution >= 4 is 22.7 Å². The van der Waals surface area contributed by atoms with Gasteiger partial charge in [0.25, 0.3) is 0 Å². The second kappa shape index (κ2) is 5.92. The van der Waals surface area contributed by atoms with Crippen molar-refractivity contribution in [3.8, 4) is 6.07 Å². The summed E-state index contributed by atoms with van der Waals surface area (Å²) in [5.41, 5.74) is 0.750. The highest BCUT2D eigenvalue weighted by Crippen LogP contribution is 2.17. The molecule has 3 nitrogen and oxygen atoms in total. The number of nitrogens with zero attached hydrogens (tertiary/aromatic N) is 2. The molecule has 1 atom stereocenters. The Morgan fingerprint density at radius 3 is 3.06 bits per heavy atom. The Balaban J connectivity index is 1.78. The third-order valence-corrected chi connectivity index (χ3v) is 4.35. The van der Waals surface area contributed by atoms with Crippen LogP contribution < -0.4 is 5.32 Å². The quantitative estimate of drug-likeness (QED) is 0.902. The molecule has 0 aliphatic rings. The third-order valence-electron chi connectivity index (χ3n) is 2.41. The molecule has 5 heteroatoms. The number of thiazole rings is 1. The van der Waals surface area contributed by atoms with Gasteiger partial charge in [-0.1, -0.05) is 6.92 Å². The summed E-state index contributed by atoms with van der Waals surface area (Å²) in [6.07, 6.45) is 1.84.